The molecule has 3 rings (SSSR count). The summed E-state index contributed by atoms with van der Waals surface area (Å²) < 4.78 is 5.85. The molecule has 3 aromatic rings. The minimum atomic E-state index is -0.730. The Labute approximate surface area is 203 Å². The van der Waals surface area contributed by atoms with Crippen molar-refractivity contribution in [1.29, 1.82) is 0 Å². The molecule has 180 valence electrons. The van der Waals surface area contributed by atoms with E-state index < -0.39 is 5.97 Å². The standard InChI is InChI=1S/C29H36N2O3/c1-3-5-6-7-8-18-34-27-16-14-23(15-17-27)26-20-30-28(31-21-26)24-12-10-22(11-13-24)19-25(9-4-2)29(32)33/h10-17,20-21,25H,3-9,18-19H2,1-2H3,(H,32,33). The van der Waals surface area contributed by atoms with Crippen LogP contribution in [0.4, 0.5) is 0 Å². The van der Waals surface area contributed by atoms with Crippen molar-refractivity contribution in [2.45, 2.75) is 65.2 Å². The van der Waals surface area contributed by atoms with Crippen molar-refractivity contribution in [3.63, 3.8) is 0 Å². The van der Waals surface area contributed by atoms with Gasteiger partial charge in [0.15, 0.2) is 5.82 Å². The largest absolute Gasteiger partial charge is 0.494 e. The number of aliphatic carboxylic acids is 1. The molecule has 0 radical (unpaired) electrons. The first kappa shape index (κ1) is 25.4. The van der Waals surface area contributed by atoms with Crippen LogP contribution in [-0.2, 0) is 11.2 Å². The molecule has 1 N–H and O–H groups in total. The number of carboxylic acid groups (broad SMARTS) is 1. The van der Waals surface area contributed by atoms with Gasteiger partial charge >= 0.3 is 5.97 Å². The van der Waals surface area contributed by atoms with Crippen LogP contribution in [0.5, 0.6) is 5.75 Å². The average molecular weight is 461 g/mol. The smallest absolute Gasteiger partial charge is 0.306 e. The van der Waals surface area contributed by atoms with E-state index in [1.165, 1.54) is 25.7 Å². The second-order valence-corrected chi connectivity index (χ2v) is 8.81. The molecule has 0 fully saturated rings. The highest BCUT2D eigenvalue weighted by molar-refractivity contribution is 5.70. The number of aromatic nitrogens is 2. The van der Waals surface area contributed by atoms with Crippen molar-refractivity contribution < 1.29 is 14.6 Å². The number of benzene rings is 2. The van der Waals surface area contributed by atoms with Crippen molar-refractivity contribution >= 4 is 5.97 Å². The zero-order valence-corrected chi connectivity index (χ0v) is 20.4. The first-order valence-corrected chi connectivity index (χ1v) is 12.5. The van der Waals surface area contributed by atoms with E-state index in [9.17, 15) is 9.90 Å². The predicted molar refractivity (Wildman–Crippen MR) is 137 cm³/mol. The lowest BCUT2D eigenvalue weighted by atomic mass is 9.94. The normalized spacial score (nSPS) is 11.8. The molecule has 0 aliphatic rings. The molecule has 5 heteroatoms. The Morgan fingerprint density at radius 2 is 1.47 bits per heavy atom. The molecule has 0 bridgehead atoms. The summed E-state index contributed by atoms with van der Waals surface area (Å²) in [5.74, 6) is 0.475. The third-order valence-electron chi connectivity index (χ3n) is 6.04. The Balaban J connectivity index is 1.56. The van der Waals surface area contributed by atoms with Crippen molar-refractivity contribution in [1.82, 2.24) is 9.97 Å². The molecule has 1 heterocycles. The Bertz CT molecular complexity index is 999. The number of carbonyl (C=O) groups is 1. The fourth-order valence-electron chi connectivity index (χ4n) is 4.00. The van der Waals surface area contributed by atoms with Crippen LogP contribution in [0.25, 0.3) is 22.5 Å². The minimum absolute atomic E-state index is 0.339. The summed E-state index contributed by atoms with van der Waals surface area (Å²) in [6.07, 6.45) is 11.9. The Hall–Kier alpha value is -3.21. The van der Waals surface area contributed by atoms with Crippen LogP contribution in [0.1, 0.15) is 64.4 Å². The quantitative estimate of drug-likeness (QED) is 0.257. The number of carboxylic acids is 1. The molecule has 0 aliphatic heterocycles. The summed E-state index contributed by atoms with van der Waals surface area (Å²) in [5, 5.41) is 9.38. The number of unbranched alkanes of at least 4 members (excludes halogenated alkanes) is 4. The fraction of sp³-hybridized carbons (Fsp3) is 0.414. The van der Waals surface area contributed by atoms with Gasteiger partial charge in [-0.3, -0.25) is 4.79 Å². The molecule has 1 unspecified atom stereocenters. The van der Waals surface area contributed by atoms with Gasteiger partial charge in [0.25, 0.3) is 0 Å². The molecular weight excluding hydrogens is 424 g/mol. The van der Waals surface area contributed by atoms with Gasteiger partial charge in [0, 0.05) is 23.5 Å². The van der Waals surface area contributed by atoms with E-state index in [-0.39, 0.29) is 5.92 Å². The number of rotatable bonds is 14. The summed E-state index contributed by atoms with van der Waals surface area (Å²) in [7, 11) is 0. The van der Waals surface area contributed by atoms with Gasteiger partial charge in [-0.25, -0.2) is 9.97 Å². The van der Waals surface area contributed by atoms with Crippen LogP contribution in [0, 0.1) is 5.92 Å². The van der Waals surface area contributed by atoms with Crippen molar-refractivity contribution in [2.75, 3.05) is 6.61 Å². The zero-order valence-electron chi connectivity index (χ0n) is 20.4. The Morgan fingerprint density at radius 3 is 2.09 bits per heavy atom. The number of ether oxygens (including phenoxy) is 1. The van der Waals surface area contributed by atoms with Gasteiger partial charge in [-0.15, -0.1) is 0 Å². The molecule has 2 aromatic carbocycles. The SMILES string of the molecule is CCCCCCCOc1ccc(-c2cnc(-c3ccc(CC(CCC)C(=O)O)cc3)nc2)cc1. The summed E-state index contributed by atoms with van der Waals surface area (Å²) in [4.78, 5) is 20.5. The van der Waals surface area contributed by atoms with Crippen LogP contribution in [0.15, 0.2) is 60.9 Å². The summed E-state index contributed by atoms with van der Waals surface area (Å²) in [6, 6.07) is 15.9. The van der Waals surface area contributed by atoms with Crippen LogP contribution < -0.4 is 4.74 Å². The molecule has 0 aliphatic carbocycles. The molecule has 5 nitrogen and oxygen atoms in total. The highest BCUT2D eigenvalue weighted by Gasteiger charge is 2.17. The maximum absolute atomic E-state index is 11.4. The van der Waals surface area contributed by atoms with Crippen LogP contribution in [0.3, 0.4) is 0 Å². The van der Waals surface area contributed by atoms with Gasteiger partial charge < -0.3 is 9.84 Å². The third kappa shape index (κ3) is 7.68. The second kappa shape index (κ2) is 13.5. The topological polar surface area (TPSA) is 72.3 Å². The van der Waals surface area contributed by atoms with E-state index in [1.807, 2.05) is 67.8 Å². The van der Waals surface area contributed by atoms with Gasteiger partial charge in [0.2, 0.25) is 0 Å². The van der Waals surface area contributed by atoms with Gasteiger partial charge in [-0.05, 0) is 42.5 Å². The van der Waals surface area contributed by atoms with Crippen LogP contribution >= 0.6 is 0 Å². The maximum atomic E-state index is 11.4. The summed E-state index contributed by atoms with van der Waals surface area (Å²) >= 11 is 0. The maximum Gasteiger partial charge on any atom is 0.306 e. The number of nitrogens with zero attached hydrogens (tertiary/aromatic N) is 2. The summed E-state index contributed by atoms with van der Waals surface area (Å²) in [6.45, 7) is 5.00. The molecule has 0 saturated heterocycles. The highest BCUT2D eigenvalue weighted by Crippen LogP contribution is 2.24. The van der Waals surface area contributed by atoms with Crippen molar-refractivity contribution in [3.8, 4) is 28.3 Å². The van der Waals surface area contributed by atoms with Gasteiger partial charge in [0.05, 0.1) is 12.5 Å². The van der Waals surface area contributed by atoms with E-state index in [4.69, 9.17) is 4.74 Å². The molecule has 0 spiro atoms. The Kier molecular flexibility index (Phi) is 10.1. The highest BCUT2D eigenvalue weighted by atomic mass is 16.5. The molecule has 0 amide bonds. The molecular formula is C29H36N2O3. The Morgan fingerprint density at radius 1 is 0.824 bits per heavy atom. The lowest BCUT2D eigenvalue weighted by Gasteiger charge is -2.11. The molecule has 0 saturated carbocycles. The fourth-order valence-corrected chi connectivity index (χ4v) is 4.00. The first-order chi connectivity index (χ1) is 16.6. The monoisotopic (exact) mass is 460 g/mol. The first-order valence-electron chi connectivity index (χ1n) is 12.5. The number of hydrogen-bond acceptors (Lipinski definition) is 4. The van der Waals surface area contributed by atoms with E-state index in [0.29, 0.717) is 18.7 Å². The minimum Gasteiger partial charge on any atom is -0.494 e. The zero-order chi connectivity index (χ0) is 24.2. The van der Waals surface area contributed by atoms with Gasteiger partial charge in [-0.1, -0.05) is 82.3 Å². The summed E-state index contributed by atoms with van der Waals surface area (Å²) in [5.41, 5.74) is 3.94. The third-order valence-corrected chi connectivity index (χ3v) is 6.04. The van der Waals surface area contributed by atoms with E-state index in [2.05, 4.69) is 16.9 Å². The average Bonchev–Trinajstić information content (AvgIpc) is 2.87. The lowest BCUT2D eigenvalue weighted by Crippen LogP contribution is -2.16. The predicted octanol–water partition coefficient (Wildman–Crippen LogP) is 7.20. The van der Waals surface area contributed by atoms with Crippen LogP contribution in [-0.4, -0.2) is 27.7 Å². The van der Waals surface area contributed by atoms with Crippen LogP contribution in [0.2, 0.25) is 0 Å². The molecule has 1 atom stereocenters. The van der Waals surface area contributed by atoms with Gasteiger partial charge in [0.1, 0.15) is 5.75 Å². The molecule has 1 aromatic heterocycles. The number of hydrogen-bond donors (Lipinski definition) is 1. The second-order valence-electron chi connectivity index (χ2n) is 8.81. The van der Waals surface area contributed by atoms with E-state index >= 15 is 0 Å². The van der Waals surface area contributed by atoms with Gasteiger partial charge in [-0.2, -0.15) is 0 Å². The van der Waals surface area contributed by atoms with E-state index in [0.717, 1.165) is 47.5 Å². The van der Waals surface area contributed by atoms with E-state index in [1.54, 1.807) is 0 Å². The molecule has 34 heavy (non-hydrogen) atoms. The van der Waals surface area contributed by atoms with Crippen molar-refractivity contribution in [3.05, 3.63) is 66.5 Å². The van der Waals surface area contributed by atoms with Crippen molar-refractivity contribution in [2.24, 2.45) is 5.92 Å². The lowest BCUT2D eigenvalue weighted by molar-refractivity contribution is -0.141.